The van der Waals surface area contributed by atoms with Gasteiger partial charge in [0.2, 0.25) is 11.8 Å². The van der Waals surface area contributed by atoms with E-state index in [1.807, 2.05) is 62.4 Å². The number of amides is 2. The van der Waals surface area contributed by atoms with Gasteiger partial charge in [0.1, 0.15) is 17.5 Å². The second-order valence-corrected chi connectivity index (χ2v) is 7.39. The second kappa shape index (κ2) is 11.2. The molecule has 0 saturated heterocycles. The van der Waals surface area contributed by atoms with Crippen molar-refractivity contribution >= 4 is 11.8 Å². The predicted octanol–water partition coefficient (Wildman–Crippen LogP) is 3.58. The minimum Gasteiger partial charge on any atom is -0.497 e. The molecule has 0 aliphatic carbocycles. The number of hydrogen-bond donors (Lipinski definition) is 1. The number of ether oxygens (including phenoxy) is 2. The smallest absolute Gasteiger partial charge is 0.242 e. The summed E-state index contributed by atoms with van der Waals surface area (Å²) in [6.07, 6.45) is 1.04. The molecule has 0 heterocycles. The van der Waals surface area contributed by atoms with E-state index in [-0.39, 0.29) is 24.3 Å². The molecule has 1 N–H and O–H groups in total. The van der Waals surface area contributed by atoms with Crippen molar-refractivity contribution < 1.29 is 19.1 Å². The Bertz CT molecular complexity index is 818. The average molecular weight is 413 g/mol. The maximum absolute atomic E-state index is 13.2. The molecule has 162 valence electrons. The Balaban J connectivity index is 2.20. The summed E-state index contributed by atoms with van der Waals surface area (Å²) in [6.45, 7) is 6.08. The van der Waals surface area contributed by atoms with Crippen LogP contribution in [0.1, 0.15) is 38.3 Å². The van der Waals surface area contributed by atoms with Crippen LogP contribution in [0.5, 0.6) is 11.5 Å². The van der Waals surface area contributed by atoms with Crippen molar-refractivity contribution in [3.05, 3.63) is 59.7 Å². The molecule has 2 aromatic rings. The number of rotatable bonds is 10. The van der Waals surface area contributed by atoms with Crippen molar-refractivity contribution in [3.8, 4) is 11.5 Å². The fourth-order valence-corrected chi connectivity index (χ4v) is 3.00. The molecule has 0 aliphatic heterocycles. The van der Waals surface area contributed by atoms with Crippen LogP contribution in [0.2, 0.25) is 0 Å². The number of nitrogens with one attached hydrogen (secondary N) is 1. The van der Waals surface area contributed by atoms with Crippen LogP contribution in [-0.2, 0) is 22.6 Å². The average Bonchev–Trinajstić information content (AvgIpc) is 2.77. The zero-order valence-electron chi connectivity index (χ0n) is 18.5. The van der Waals surface area contributed by atoms with Gasteiger partial charge in [-0.25, -0.2) is 0 Å². The van der Waals surface area contributed by atoms with E-state index in [0.29, 0.717) is 6.54 Å². The van der Waals surface area contributed by atoms with Gasteiger partial charge in [-0.15, -0.1) is 0 Å². The number of methoxy groups -OCH3 is 2. The number of carbonyl (C=O) groups is 2. The maximum atomic E-state index is 13.2. The van der Waals surface area contributed by atoms with Gasteiger partial charge in [-0.2, -0.15) is 0 Å². The van der Waals surface area contributed by atoms with E-state index in [4.69, 9.17) is 9.47 Å². The number of carbonyl (C=O) groups excluding carboxylic acids is 2. The van der Waals surface area contributed by atoms with Gasteiger partial charge in [-0.3, -0.25) is 9.59 Å². The summed E-state index contributed by atoms with van der Waals surface area (Å²) in [6, 6.07) is 14.4. The summed E-state index contributed by atoms with van der Waals surface area (Å²) in [5.74, 6) is 1.23. The highest BCUT2D eigenvalue weighted by Crippen LogP contribution is 2.17. The first-order valence-electron chi connectivity index (χ1n) is 10.2. The van der Waals surface area contributed by atoms with Gasteiger partial charge in [0.05, 0.1) is 20.6 Å². The highest BCUT2D eigenvalue weighted by molar-refractivity contribution is 5.88. The summed E-state index contributed by atoms with van der Waals surface area (Å²) in [4.78, 5) is 27.6. The van der Waals surface area contributed by atoms with E-state index in [1.54, 1.807) is 26.0 Å². The van der Waals surface area contributed by atoms with Crippen LogP contribution in [0, 0.1) is 0 Å². The third-order valence-corrected chi connectivity index (χ3v) is 5.19. The molecule has 2 atom stereocenters. The Morgan fingerprint density at radius 3 is 1.87 bits per heavy atom. The molecule has 0 unspecified atom stereocenters. The predicted molar refractivity (Wildman–Crippen MR) is 118 cm³/mol. The summed E-state index contributed by atoms with van der Waals surface area (Å²) >= 11 is 0. The van der Waals surface area contributed by atoms with Crippen molar-refractivity contribution in [2.24, 2.45) is 0 Å². The molecule has 30 heavy (non-hydrogen) atoms. The van der Waals surface area contributed by atoms with Crippen LogP contribution in [0.3, 0.4) is 0 Å². The third-order valence-electron chi connectivity index (χ3n) is 5.19. The minimum absolute atomic E-state index is 0.0551. The van der Waals surface area contributed by atoms with Crippen LogP contribution in [0.4, 0.5) is 0 Å². The maximum Gasteiger partial charge on any atom is 0.242 e. The summed E-state index contributed by atoms with van der Waals surface area (Å²) in [5.41, 5.74) is 1.80. The van der Waals surface area contributed by atoms with Crippen LogP contribution >= 0.6 is 0 Å². The van der Waals surface area contributed by atoms with Crippen molar-refractivity contribution in [3.63, 3.8) is 0 Å². The van der Waals surface area contributed by atoms with Crippen LogP contribution < -0.4 is 14.8 Å². The minimum atomic E-state index is -0.591. The van der Waals surface area contributed by atoms with Crippen molar-refractivity contribution in [2.75, 3.05) is 14.2 Å². The lowest BCUT2D eigenvalue weighted by molar-refractivity contribution is -0.140. The third kappa shape index (κ3) is 6.51. The molecular weight excluding hydrogens is 380 g/mol. The zero-order chi connectivity index (χ0) is 22.1. The molecule has 0 aliphatic rings. The van der Waals surface area contributed by atoms with E-state index < -0.39 is 6.04 Å². The highest BCUT2D eigenvalue weighted by atomic mass is 16.5. The van der Waals surface area contributed by atoms with E-state index in [9.17, 15) is 9.59 Å². The highest BCUT2D eigenvalue weighted by Gasteiger charge is 2.26. The lowest BCUT2D eigenvalue weighted by Gasteiger charge is -2.30. The van der Waals surface area contributed by atoms with Gasteiger partial charge in [-0.1, -0.05) is 31.2 Å². The van der Waals surface area contributed by atoms with E-state index in [0.717, 1.165) is 29.0 Å². The molecule has 0 radical (unpaired) electrons. The molecule has 0 aromatic heterocycles. The standard InChI is InChI=1S/C24H32N2O4/c1-6-17(2)25-24(28)18(3)26(16-20-9-13-22(30-5)14-10-20)23(27)15-19-7-11-21(29-4)12-8-19/h7-14,17-18H,6,15-16H2,1-5H3,(H,25,28)/t17-,18+/m1/s1. The van der Waals surface area contributed by atoms with Crippen molar-refractivity contribution in [1.29, 1.82) is 0 Å². The monoisotopic (exact) mass is 412 g/mol. The lowest BCUT2D eigenvalue weighted by Crippen LogP contribution is -2.49. The van der Waals surface area contributed by atoms with E-state index >= 15 is 0 Å². The van der Waals surface area contributed by atoms with Crippen molar-refractivity contribution in [1.82, 2.24) is 10.2 Å². The SMILES string of the molecule is CC[C@@H](C)NC(=O)[C@H](C)N(Cc1ccc(OC)cc1)C(=O)Cc1ccc(OC)cc1. The Labute approximate surface area is 179 Å². The van der Waals surface area contributed by atoms with Gasteiger partial charge in [0.25, 0.3) is 0 Å². The molecule has 0 spiro atoms. The second-order valence-electron chi connectivity index (χ2n) is 7.39. The van der Waals surface area contributed by atoms with E-state index in [1.165, 1.54) is 0 Å². The Hall–Kier alpha value is -3.02. The summed E-state index contributed by atoms with van der Waals surface area (Å²) < 4.78 is 10.4. The lowest BCUT2D eigenvalue weighted by atomic mass is 10.1. The van der Waals surface area contributed by atoms with Crippen LogP contribution in [-0.4, -0.2) is 43.0 Å². The number of hydrogen-bond acceptors (Lipinski definition) is 4. The molecule has 0 bridgehead atoms. The van der Waals surface area contributed by atoms with Gasteiger partial charge in [0, 0.05) is 12.6 Å². The van der Waals surface area contributed by atoms with Gasteiger partial charge < -0.3 is 19.7 Å². The fourth-order valence-electron chi connectivity index (χ4n) is 3.00. The zero-order valence-corrected chi connectivity index (χ0v) is 18.5. The van der Waals surface area contributed by atoms with Gasteiger partial charge in [-0.05, 0) is 55.7 Å². The summed E-state index contributed by atoms with van der Waals surface area (Å²) in [5, 5.41) is 2.98. The largest absolute Gasteiger partial charge is 0.497 e. The molecule has 0 fully saturated rings. The quantitative estimate of drug-likeness (QED) is 0.648. The molecular formula is C24H32N2O4. The molecule has 0 saturated carbocycles. The first-order valence-corrected chi connectivity index (χ1v) is 10.2. The normalized spacial score (nSPS) is 12.6. The first kappa shape index (κ1) is 23.3. The molecule has 2 rings (SSSR count). The summed E-state index contributed by atoms with van der Waals surface area (Å²) in [7, 11) is 3.22. The van der Waals surface area contributed by atoms with Gasteiger partial charge >= 0.3 is 0 Å². The molecule has 6 heteroatoms. The van der Waals surface area contributed by atoms with Crippen LogP contribution in [0.15, 0.2) is 48.5 Å². The van der Waals surface area contributed by atoms with E-state index in [2.05, 4.69) is 5.32 Å². The molecule has 2 amide bonds. The number of benzene rings is 2. The topological polar surface area (TPSA) is 67.9 Å². The van der Waals surface area contributed by atoms with Crippen LogP contribution in [0.25, 0.3) is 0 Å². The first-order chi connectivity index (χ1) is 14.4. The Morgan fingerprint density at radius 2 is 1.40 bits per heavy atom. The Morgan fingerprint density at radius 1 is 0.900 bits per heavy atom. The molecule has 2 aromatic carbocycles. The fraction of sp³-hybridized carbons (Fsp3) is 0.417. The number of nitrogens with zero attached hydrogens (tertiary/aromatic N) is 1. The van der Waals surface area contributed by atoms with Gasteiger partial charge in [0.15, 0.2) is 0 Å². The molecule has 6 nitrogen and oxygen atoms in total. The van der Waals surface area contributed by atoms with Crippen molar-refractivity contribution in [2.45, 2.75) is 52.2 Å². The Kier molecular flexibility index (Phi) is 8.71.